The second-order valence-electron chi connectivity index (χ2n) is 6.21. The maximum absolute atomic E-state index is 10.5. The van der Waals surface area contributed by atoms with E-state index in [0.29, 0.717) is 23.4 Å². The number of hydrogen-bond acceptors (Lipinski definition) is 3. The predicted molar refractivity (Wildman–Crippen MR) is 92.3 cm³/mol. The molecule has 22 heavy (non-hydrogen) atoms. The van der Waals surface area contributed by atoms with Crippen LogP contribution >= 0.6 is 11.8 Å². The summed E-state index contributed by atoms with van der Waals surface area (Å²) in [7, 11) is 0. The zero-order chi connectivity index (χ0) is 15.8. The van der Waals surface area contributed by atoms with Gasteiger partial charge in [-0.3, -0.25) is 4.79 Å². The fraction of sp³-hybridized carbons (Fsp3) is 0.722. The third-order valence-electron chi connectivity index (χ3n) is 4.55. The van der Waals surface area contributed by atoms with Crippen molar-refractivity contribution >= 4 is 17.7 Å². The topological polar surface area (TPSA) is 46.5 Å². The summed E-state index contributed by atoms with van der Waals surface area (Å²) in [4.78, 5) is 10.5. The van der Waals surface area contributed by atoms with Crippen LogP contribution < -0.4 is 0 Å². The summed E-state index contributed by atoms with van der Waals surface area (Å²) in [6, 6.07) is 0. The Hall–Kier alpha value is -0.740. The Bertz CT molecular complexity index is 394. The van der Waals surface area contributed by atoms with Crippen LogP contribution in [0.15, 0.2) is 24.8 Å². The maximum Gasteiger partial charge on any atom is 0.303 e. The lowest BCUT2D eigenvalue weighted by atomic mass is 9.86. The number of fused-ring (bicyclic) bond motifs is 2. The van der Waals surface area contributed by atoms with E-state index in [4.69, 9.17) is 9.84 Å². The molecule has 124 valence electrons. The monoisotopic (exact) mass is 324 g/mol. The van der Waals surface area contributed by atoms with Crippen LogP contribution in [-0.2, 0) is 9.53 Å². The van der Waals surface area contributed by atoms with Crippen LogP contribution in [0.1, 0.15) is 51.4 Å². The Morgan fingerprint density at radius 2 is 2.05 bits per heavy atom. The molecule has 3 nitrogen and oxygen atoms in total. The molecule has 2 bridgehead atoms. The van der Waals surface area contributed by atoms with Crippen molar-refractivity contribution < 1.29 is 14.6 Å². The van der Waals surface area contributed by atoms with Gasteiger partial charge in [-0.2, -0.15) is 11.8 Å². The van der Waals surface area contributed by atoms with Gasteiger partial charge < -0.3 is 9.84 Å². The van der Waals surface area contributed by atoms with Crippen molar-refractivity contribution in [2.45, 2.75) is 68.8 Å². The highest BCUT2D eigenvalue weighted by molar-refractivity contribution is 7.99. The fourth-order valence-corrected chi connectivity index (χ4v) is 4.99. The highest BCUT2D eigenvalue weighted by Crippen LogP contribution is 2.46. The summed E-state index contributed by atoms with van der Waals surface area (Å²) in [6.45, 7) is 3.78. The van der Waals surface area contributed by atoms with Crippen LogP contribution in [-0.4, -0.2) is 34.3 Å². The van der Waals surface area contributed by atoms with Crippen molar-refractivity contribution in [2.24, 2.45) is 5.92 Å². The van der Waals surface area contributed by atoms with Crippen LogP contribution in [0, 0.1) is 5.92 Å². The second kappa shape index (κ2) is 9.41. The molecule has 0 aromatic rings. The van der Waals surface area contributed by atoms with E-state index in [1.165, 1.54) is 25.0 Å². The van der Waals surface area contributed by atoms with Gasteiger partial charge >= 0.3 is 5.97 Å². The van der Waals surface area contributed by atoms with Crippen molar-refractivity contribution in [3.8, 4) is 0 Å². The van der Waals surface area contributed by atoms with Gasteiger partial charge in [-0.05, 0) is 50.7 Å². The molecule has 0 unspecified atom stereocenters. The number of carboxylic acids is 1. The van der Waals surface area contributed by atoms with Gasteiger partial charge in [-0.25, -0.2) is 0 Å². The van der Waals surface area contributed by atoms with Crippen molar-refractivity contribution in [1.82, 2.24) is 0 Å². The average Bonchev–Trinajstić information content (AvgIpc) is 3.08. The Balaban J connectivity index is 1.71. The molecule has 0 spiro atoms. The number of thioether (sulfide) groups is 1. The summed E-state index contributed by atoms with van der Waals surface area (Å²) >= 11 is 2.08. The smallest absolute Gasteiger partial charge is 0.303 e. The standard InChI is InChI=1S/C18H28O3S/c1-2-3-8-13-22-18-14(15-11-12-16(18)21-15)9-6-4-5-7-10-17(19)20/h2,4,6,14-16,18H,1,3,5,7-13H2,(H,19,20)/t14-,15+,16-,18+/m0/s1. The van der Waals surface area contributed by atoms with Crippen molar-refractivity contribution in [3.05, 3.63) is 24.8 Å². The third kappa shape index (κ3) is 5.17. The summed E-state index contributed by atoms with van der Waals surface area (Å²) in [5, 5.41) is 9.27. The largest absolute Gasteiger partial charge is 0.481 e. The van der Waals surface area contributed by atoms with Crippen molar-refractivity contribution in [3.63, 3.8) is 0 Å². The third-order valence-corrected chi connectivity index (χ3v) is 6.11. The van der Waals surface area contributed by atoms with Crippen LogP contribution in [0.4, 0.5) is 0 Å². The first kappa shape index (κ1) is 17.6. The molecule has 0 aromatic heterocycles. The van der Waals surface area contributed by atoms with Crippen molar-refractivity contribution in [2.75, 3.05) is 5.75 Å². The molecule has 2 aliphatic rings. The van der Waals surface area contributed by atoms with E-state index in [1.807, 2.05) is 6.08 Å². The van der Waals surface area contributed by atoms with Gasteiger partial charge in [0.2, 0.25) is 0 Å². The Labute approximate surface area is 138 Å². The first-order chi connectivity index (χ1) is 10.7. The highest BCUT2D eigenvalue weighted by Gasteiger charge is 2.48. The summed E-state index contributed by atoms with van der Waals surface area (Å²) in [5.74, 6) is 1.14. The predicted octanol–water partition coefficient (Wildman–Crippen LogP) is 4.43. The minimum atomic E-state index is -0.703. The molecule has 0 aliphatic carbocycles. The number of rotatable bonds is 11. The molecule has 2 rings (SSSR count). The lowest BCUT2D eigenvalue weighted by molar-refractivity contribution is -0.137. The Morgan fingerprint density at radius 1 is 1.23 bits per heavy atom. The van der Waals surface area contributed by atoms with E-state index < -0.39 is 5.97 Å². The van der Waals surface area contributed by atoms with Crippen LogP contribution in [0.5, 0.6) is 0 Å². The van der Waals surface area contributed by atoms with E-state index in [2.05, 4.69) is 30.5 Å². The number of aliphatic carboxylic acids is 1. The first-order valence-electron chi connectivity index (χ1n) is 8.47. The molecule has 0 radical (unpaired) electrons. The molecule has 4 heteroatoms. The Morgan fingerprint density at radius 3 is 2.82 bits per heavy atom. The van der Waals surface area contributed by atoms with E-state index in [-0.39, 0.29) is 6.42 Å². The van der Waals surface area contributed by atoms with E-state index in [1.54, 1.807) is 0 Å². The number of allylic oxidation sites excluding steroid dienone is 3. The number of unbranched alkanes of at least 4 members (excludes halogenated alkanes) is 2. The van der Waals surface area contributed by atoms with Crippen molar-refractivity contribution in [1.29, 1.82) is 0 Å². The molecular weight excluding hydrogens is 296 g/mol. The molecule has 2 fully saturated rings. The lowest BCUT2D eigenvalue weighted by Crippen LogP contribution is -2.29. The summed E-state index contributed by atoms with van der Waals surface area (Å²) in [5.41, 5.74) is 0. The van der Waals surface area contributed by atoms with Crippen LogP contribution in [0.3, 0.4) is 0 Å². The van der Waals surface area contributed by atoms with E-state index >= 15 is 0 Å². The van der Waals surface area contributed by atoms with Gasteiger partial charge in [0.05, 0.1) is 12.2 Å². The number of carbonyl (C=O) groups is 1. The molecule has 0 aromatic carbocycles. The Kier molecular flexibility index (Phi) is 7.53. The van der Waals surface area contributed by atoms with Gasteiger partial charge in [0, 0.05) is 17.6 Å². The molecule has 2 aliphatic heterocycles. The van der Waals surface area contributed by atoms with Gasteiger partial charge in [-0.1, -0.05) is 18.2 Å². The zero-order valence-corrected chi connectivity index (χ0v) is 14.1. The first-order valence-corrected chi connectivity index (χ1v) is 9.52. The highest BCUT2D eigenvalue weighted by atomic mass is 32.2. The van der Waals surface area contributed by atoms with Gasteiger partial charge in [0.15, 0.2) is 0 Å². The number of hydrogen-bond donors (Lipinski definition) is 1. The molecule has 1 N–H and O–H groups in total. The fourth-order valence-electron chi connectivity index (χ4n) is 3.44. The minimum absolute atomic E-state index is 0.267. The minimum Gasteiger partial charge on any atom is -0.481 e. The average molecular weight is 324 g/mol. The molecule has 0 saturated carbocycles. The quantitative estimate of drug-likeness (QED) is 0.451. The number of ether oxygens (including phenoxy) is 1. The van der Waals surface area contributed by atoms with E-state index in [9.17, 15) is 4.79 Å². The molecular formula is C18H28O3S. The van der Waals surface area contributed by atoms with Crippen LogP contribution in [0.25, 0.3) is 0 Å². The maximum atomic E-state index is 10.5. The number of carboxylic acid groups (broad SMARTS) is 1. The molecule has 2 saturated heterocycles. The van der Waals surface area contributed by atoms with Gasteiger partial charge in [0.25, 0.3) is 0 Å². The normalized spacial score (nSPS) is 30.2. The van der Waals surface area contributed by atoms with E-state index in [0.717, 1.165) is 25.7 Å². The summed E-state index contributed by atoms with van der Waals surface area (Å²) < 4.78 is 6.11. The van der Waals surface area contributed by atoms with Gasteiger partial charge in [0.1, 0.15) is 0 Å². The SMILES string of the molecule is C=CCCCS[C@@H]1[C@@H](CC=CCCCC(=O)O)[C@H]2CC[C@@H]1O2. The zero-order valence-electron chi connectivity index (χ0n) is 13.3. The summed E-state index contributed by atoms with van der Waals surface area (Å²) in [6.07, 6.45) is 15.0. The van der Waals surface area contributed by atoms with Gasteiger partial charge in [-0.15, -0.1) is 6.58 Å². The molecule has 4 atom stereocenters. The second-order valence-corrected chi connectivity index (χ2v) is 7.50. The van der Waals surface area contributed by atoms with Crippen LogP contribution in [0.2, 0.25) is 0 Å². The molecule has 2 heterocycles. The molecule has 0 amide bonds. The lowest BCUT2D eigenvalue weighted by Gasteiger charge is -2.26.